The molecule has 9 heteroatoms. The summed E-state index contributed by atoms with van der Waals surface area (Å²) in [4.78, 5) is 24.5. The van der Waals surface area contributed by atoms with E-state index in [0.717, 1.165) is 38.0 Å². The first-order valence-electron chi connectivity index (χ1n) is 12.4. The van der Waals surface area contributed by atoms with Crippen molar-refractivity contribution in [2.75, 3.05) is 11.9 Å². The van der Waals surface area contributed by atoms with Gasteiger partial charge >= 0.3 is 0 Å². The molecule has 5 aromatic rings. The molecule has 1 saturated heterocycles. The van der Waals surface area contributed by atoms with E-state index >= 15 is 0 Å². The molecule has 6 rings (SSSR count). The smallest absolute Gasteiger partial charge is 0.226 e. The van der Waals surface area contributed by atoms with E-state index in [1.54, 1.807) is 17.5 Å². The number of aromatic nitrogens is 3. The van der Waals surface area contributed by atoms with Gasteiger partial charge in [-0.15, -0.1) is 0 Å². The van der Waals surface area contributed by atoms with Crippen LogP contribution in [0.2, 0.25) is 0 Å². The fourth-order valence-electron chi connectivity index (χ4n) is 4.91. The van der Waals surface area contributed by atoms with Gasteiger partial charge in [0.2, 0.25) is 5.91 Å². The lowest BCUT2D eigenvalue weighted by atomic mass is 10.0. The lowest BCUT2D eigenvalue weighted by molar-refractivity contribution is -0.116. The Labute approximate surface area is 230 Å². The third kappa shape index (κ3) is 4.78. The number of carbonyl (C=O) groups excluding carboxylic acids is 1. The summed E-state index contributed by atoms with van der Waals surface area (Å²) in [6, 6.07) is 25.6. The van der Waals surface area contributed by atoms with Crippen LogP contribution in [-0.4, -0.2) is 37.0 Å². The molecule has 1 aliphatic rings. The van der Waals surface area contributed by atoms with Crippen molar-refractivity contribution in [2.45, 2.75) is 25.4 Å². The Morgan fingerprint density at radius 1 is 1.08 bits per heavy atom. The van der Waals surface area contributed by atoms with E-state index in [9.17, 15) is 4.79 Å². The van der Waals surface area contributed by atoms with Crippen molar-refractivity contribution >= 4 is 50.5 Å². The van der Waals surface area contributed by atoms with Crippen LogP contribution in [0.25, 0.3) is 15.3 Å². The number of hydrogen-bond acceptors (Lipinski definition) is 5. The largest absolute Gasteiger partial charge is 0.352 e. The molecule has 1 fully saturated rings. The SMILES string of the molecule is Cc1cccc(NC(=O)CCN2C(=S)NC(c3ccccn3)C2c2cccn2-c2nc3ccccc3s2)c1. The van der Waals surface area contributed by atoms with Gasteiger partial charge in [0.1, 0.15) is 0 Å². The zero-order valence-electron chi connectivity index (χ0n) is 20.7. The number of para-hydroxylation sites is 1. The minimum atomic E-state index is -0.175. The molecule has 0 aliphatic carbocycles. The van der Waals surface area contributed by atoms with Crippen molar-refractivity contribution in [3.63, 3.8) is 0 Å². The van der Waals surface area contributed by atoms with Crippen LogP contribution in [-0.2, 0) is 4.79 Å². The second-order valence-electron chi connectivity index (χ2n) is 9.25. The summed E-state index contributed by atoms with van der Waals surface area (Å²) in [6.07, 6.45) is 4.12. The van der Waals surface area contributed by atoms with Gasteiger partial charge in [0.25, 0.3) is 0 Å². The molecule has 2 N–H and O–H groups in total. The summed E-state index contributed by atoms with van der Waals surface area (Å²) in [6.45, 7) is 2.47. The number of nitrogens with one attached hydrogen (secondary N) is 2. The van der Waals surface area contributed by atoms with Crippen molar-refractivity contribution in [2.24, 2.45) is 0 Å². The highest BCUT2D eigenvalue weighted by Gasteiger charge is 2.41. The van der Waals surface area contributed by atoms with Gasteiger partial charge in [0, 0.05) is 31.0 Å². The van der Waals surface area contributed by atoms with Crippen molar-refractivity contribution < 1.29 is 4.79 Å². The number of nitrogens with zero attached hydrogens (tertiary/aromatic N) is 4. The average Bonchev–Trinajstić information content (AvgIpc) is 3.64. The maximum absolute atomic E-state index is 12.9. The highest BCUT2D eigenvalue weighted by atomic mass is 32.1. The van der Waals surface area contributed by atoms with Crippen LogP contribution in [0.3, 0.4) is 0 Å². The Balaban J connectivity index is 1.32. The molecule has 0 saturated carbocycles. The van der Waals surface area contributed by atoms with Gasteiger partial charge in [-0.25, -0.2) is 4.98 Å². The Morgan fingerprint density at radius 3 is 2.76 bits per heavy atom. The second kappa shape index (κ2) is 10.4. The number of anilines is 1. The van der Waals surface area contributed by atoms with Gasteiger partial charge in [-0.2, -0.15) is 0 Å². The number of thiazole rings is 1. The summed E-state index contributed by atoms with van der Waals surface area (Å²) in [5.74, 6) is -0.0556. The summed E-state index contributed by atoms with van der Waals surface area (Å²) in [7, 11) is 0. The van der Waals surface area contributed by atoms with Crippen LogP contribution in [0.5, 0.6) is 0 Å². The summed E-state index contributed by atoms with van der Waals surface area (Å²) in [5.41, 5.74) is 4.79. The van der Waals surface area contributed by atoms with Gasteiger partial charge in [-0.3, -0.25) is 14.3 Å². The molecule has 3 aromatic heterocycles. The molecular weight excluding hydrogens is 512 g/mol. The Hall–Kier alpha value is -4.08. The predicted octanol–water partition coefficient (Wildman–Crippen LogP) is 5.79. The van der Waals surface area contributed by atoms with Crippen LogP contribution in [0.1, 0.15) is 35.5 Å². The number of amides is 1. The van der Waals surface area contributed by atoms with E-state index in [1.165, 1.54) is 0 Å². The molecule has 2 aromatic carbocycles. The fraction of sp³-hybridized carbons (Fsp3) is 0.172. The van der Waals surface area contributed by atoms with Gasteiger partial charge in [0.15, 0.2) is 10.2 Å². The quantitative estimate of drug-likeness (QED) is 0.256. The maximum Gasteiger partial charge on any atom is 0.226 e. The normalized spacial score (nSPS) is 17.1. The standard InChI is InChI=1S/C29H26N6OS2/c1-19-8-6-9-20(18-19)31-25(36)14-17-35-27(26(33-28(35)37)22-11-4-5-15-30-22)23-12-7-16-34(23)29-32-21-10-2-3-13-24(21)38-29/h2-13,15-16,18,26-27H,14,17H2,1H3,(H,31,36)(H,33,37). The number of thiocarbonyl (C=S) groups is 1. The first-order chi connectivity index (χ1) is 18.6. The van der Waals surface area contributed by atoms with E-state index in [4.69, 9.17) is 17.2 Å². The fourth-order valence-corrected chi connectivity index (χ4v) is 6.21. The lowest BCUT2D eigenvalue weighted by Gasteiger charge is -2.28. The Bertz CT molecular complexity index is 1580. The van der Waals surface area contributed by atoms with Gasteiger partial charge < -0.3 is 15.5 Å². The summed E-state index contributed by atoms with van der Waals surface area (Å²) >= 11 is 7.46. The number of aryl methyl sites for hydroxylation is 1. The monoisotopic (exact) mass is 538 g/mol. The van der Waals surface area contributed by atoms with Gasteiger partial charge in [0.05, 0.1) is 33.7 Å². The maximum atomic E-state index is 12.9. The van der Waals surface area contributed by atoms with Crippen molar-refractivity contribution in [3.8, 4) is 5.13 Å². The molecule has 190 valence electrons. The molecule has 4 heterocycles. The van der Waals surface area contributed by atoms with Gasteiger partial charge in [-0.1, -0.05) is 41.7 Å². The lowest BCUT2D eigenvalue weighted by Crippen LogP contribution is -2.33. The van der Waals surface area contributed by atoms with Crippen molar-refractivity contribution in [1.29, 1.82) is 0 Å². The number of fused-ring (bicyclic) bond motifs is 1. The summed E-state index contributed by atoms with van der Waals surface area (Å²) < 4.78 is 3.26. The zero-order chi connectivity index (χ0) is 26.1. The summed E-state index contributed by atoms with van der Waals surface area (Å²) in [5, 5.41) is 7.98. The van der Waals surface area contributed by atoms with E-state index in [-0.39, 0.29) is 18.0 Å². The van der Waals surface area contributed by atoms with Crippen LogP contribution in [0.15, 0.2) is 91.3 Å². The minimum Gasteiger partial charge on any atom is -0.352 e. The number of benzene rings is 2. The molecule has 0 bridgehead atoms. The highest BCUT2D eigenvalue weighted by Crippen LogP contribution is 2.40. The van der Waals surface area contributed by atoms with E-state index in [2.05, 4.69) is 37.2 Å². The zero-order valence-corrected chi connectivity index (χ0v) is 22.4. The van der Waals surface area contributed by atoms with Crippen LogP contribution < -0.4 is 10.6 Å². The molecule has 1 amide bonds. The number of hydrogen-bond donors (Lipinski definition) is 2. The second-order valence-corrected chi connectivity index (χ2v) is 10.7. The average molecular weight is 539 g/mol. The number of carbonyl (C=O) groups is 1. The van der Waals surface area contributed by atoms with E-state index < -0.39 is 0 Å². The Kier molecular flexibility index (Phi) is 6.61. The van der Waals surface area contributed by atoms with Crippen molar-refractivity contribution in [1.82, 2.24) is 24.8 Å². The van der Waals surface area contributed by atoms with Gasteiger partial charge in [-0.05, 0) is 73.2 Å². The molecule has 2 atom stereocenters. The Morgan fingerprint density at radius 2 is 1.95 bits per heavy atom. The van der Waals surface area contributed by atoms with Crippen LogP contribution in [0, 0.1) is 6.92 Å². The first-order valence-corrected chi connectivity index (χ1v) is 13.7. The number of pyridine rings is 1. The topological polar surface area (TPSA) is 75.1 Å². The van der Waals surface area contributed by atoms with E-state index in [1.807, 2.05) is 79.9 Å². The molecule has 2 unspecified atom stereocenters. The molecule has 1 aliphatic heterocycles. The first kappa shape index (κ1) is 24.3. The molecule has 0 spiro atoms. The molecule has 0 radical (unpaired) electrons. The van der Waals surface area contributed by atoms with E-state index in [0.29, 0.717) is 18.1 Å². The molecular formula is C29H26N6OS2. The van der Waals surface area contributed by atoms with Crippen LogP contribution in [0.4, 0.5) is 5.69 Å². The predicted molar refractivity (Wildman–Crippen MR) is 156 cm³/mol. The van der Waals surface area contributed by atoms with Crippen molar-refractivity contribution in [3.05, 3.63) is 108 Å². The van der Waals surface area contributed by atoms with Crippen LogP contribution >= 0.6 is 23.6 Å². The third-order valence-electron chi connectivity index (χ3n) is 6.65. The molecule has 38 heavy (non-hydrogen) atoms. The third-order valence-corrected chi connectivity index (χ3v) is 8.04. The minimum absolute atomic E-state index is 0.0556. The highest BCUT2D eigenvalue weighted by molar-refractivity contribution is 7.80. The number of rotatable bonds is 7. The molecule has 7 nitrogen and oxygen atoms in total.